The molecule has 0 fully saturated rings. The van der Waals surface area contributed by atoms with Crippen molar-refractivity contribution in [2.45, 2.75) is 23.6 Å². The van der Waals surface area contributed by atoms with Gasteiger partial charge in [-0.3, -0.25) is 14.2 Å². The molecular formula is C26H24N3O5S3-. The summed E-state index contributed by atoms with van der Waals surface area (Å²) in [6.45, 7) is 3.66. The first-order valence-corrected chi connectivity index (χ1v) is 15.3. The van der Waals surface area contributed by atoms with Gasteiger partial charge in [-0.2, -0.15) is 5.41 Å². The van der Waals surface area contributed by atoms with Crippen molar-refractivity contribution < 1.29 is 21.6 Å². The second-order valence-corrected chi connectivity index (χ2v) is 13.1. The first-order chi connectivity index (χ1) is 17.4. The molecule has 3 N–H and O–H groups in total. The van der Waals surface area contributed by atoms with Crippen LogP contribution >= 0.6 is 0 Å². The number of allylic oxidation sites excluding steroid dienone is 2. The number of carbonyl (C=O) groups is 1. The number of hydrogen-bond acceptors (Lipinski definition) is 6. The van der Waals surface area contributed by atoms with Gasteiger partial charge in [0, 0.05) is 5.69 Å². The van der Waals surface area contributed by atoms with Crippen molar-refractivity contribution in [3.63, 3.8) is 0 Å². The third kappa shape index (κ3) is 6.15. The quantitative estimate of drug-likeness (QED) is 0.355. The zero-order valence-corrected chi connectivity index (χ0v) is 22.4. The Bertz CT molecular complexity index is 1710. The number of nitrogens with one attached hydrogen (secondary N) is 3. The molecule has 192 valence electrons. The smallest absolute Gasteiger partial charge is 0.261 e. The molecule has 3 aromatic rings. The van der Waals surface area contributed by atoms with E-state index >= 15 is 0 Å². The first-order valence-electron chi connectivity index (χ1n) is 10.9. The fraction of sp³-hybridized carbons (Fsp3) is 0.0769. The average Bonchev–Trinajstić information content (AvgIpc) is 3.27. The predicted molar refractivity (Wildman–Crippen MR) is 149 cm³/mol. The molecule has 8 nitrogen and oxygen atoms in total. The summed E-state index contributed by atoms with van der Waals surface area (Å²) in [5, 5.41) is 4.38. The van der Waals surface area contributed by atoms with E-state index in [2.05, 4.69) is 14.8 Å². The minimum atomic E-state index is -4.09. The molecule has 0 saturated heterocycles. The minimum Gasteiger partial charge on any atom is -0.404 e. The van der Waals surface area contributed by atoms with E-state index in [0.717, 1.165) is 11.1 Å². The van der Waals surface area contributed by atoms with Crippen LogP contribution in [-0.4, -0.2) is 22.7 Å². The molecule has 4 rings (SSSR count). The maximum Gasteiger partial charge on any atom is 0.261 e. The van der Waals surface area contributed by atoms with E-state index in [4.69, 9.17) is 5.69 Å². The van der Waals surface area contributed by atoms with Gasteiger partial charge in [0.15, 0.2) is 0 Å². The van der Waals surface area contributed by atoms with Crippen molar-refractivity contribution in [2.24, 2.45) is 0 Å². The third-order valence-electron chi connectivity index (χ3n) is 5.38. The maximum atomic E-state index is 13.1. The molecular weight excluding hydrogens is 531 g/mol. The van der Waals surface area contributed by atoms with Crippen LogP contribution in [0.4, 0.5) is 17.1 Å². The van der Waals surface area contributed by atoms with E-state index in [9.17, 15) is 21.6 Å². The Hall–Kier alpha value is -3.76. The monoisotopic (exact) mass is 554 g/mol. The molecule has 0 aromatic heterocycles. The molecule has 1 heterocycles. The van der Waals surface area contributed by atoms with E-state index in [1.165, 1.54) is 42.5 Å². The van der Waals surface area contributed by atoms with Crippen LogP contribution in [0.3, 0.4) is 0 Å². The van der Waals surface area contributed by atoms with Crippen molar-refractivity contribution in [3.8, 4) is 5.69 Å². The van der Waals surface area contributed by atoms with E-state index in [-0.39, 0.29) is 26.9 Å². The van der Waals surface area contributed by atoms with Gasteiger partial charge in [-0.15, -0.1) is 0 Å². The zero-order valence-electron chi connectivity index (χ0n) is 19.9. The molecule has 0 radical (unpaired) electrons. The fourth-order valence-corrected chi connectivity index (χ4v) is 6.42. The van der Waals surface area contributed by atoms with Gasteiger partial charge < -0.3 is 21.3 Å². The van der Waals surface area contributed by atoms with Crippen molar-refractivity contribution in [2.75, 3.05) is 14.8 Å². The standard InChI is InChI=1S/C26H24N3O5S3/c1-18-6-11-21(12-7-18)36(31,32)28-23-15-10-20(27-26(30)25-5-4-16-35(25)3)17-24(23)29-37(33,34)22-13-8-19(2)9-14-22/h3-17,28-29H,1-2H3,(H,27,30)/q-1. The molecule has 11 heteroatoms. The highest BCUT2D eigenvalue weighted by Gasteiger charge is 2.21. The number of rotatable bonds is 8. The van der Waals surface area contributed by atoms with Crippen LogP contribution in [0.5, 0.6) is 0 Å². The van der Waals surface area contributed by atoms with Gasteiger partial charge in [-0.05, 0) is 56.3 Å². The number of benzene rings is 3. The second-order valence-electron chi connectivity index (χ2n) is 8.28. The molecule has 0 spiro atoms. The van der Waals surface area contributed by atoms with E-state index in [1.807, 2.05) is 13.8 Å². The number of carbonyl (C=O) groups excluding carboxylic acids is 1. The highest BCUT2D eigenvalue weighted by Crippen LogP contribution is 2.31. The fourth-order valence-electron chi connectivity index (χ4n) is 3.38. The topological polar surface area (TPSA) is 121 Å². The lowest BCUT2D eigenvalue weighted by molar-refractivity contribution is -0.112. The van der Waals surface area contributed by atoms with Gasteiger partial charge in [0.2, 0.25) is 5.91 Å². The van der Waals surface area contributed by atoms with Crippen molar-refractivity contribution in [1.82, 2.24) is 0 Å². The Labute approximate surface area is 218 Å². The number of anilines is 3. The maximum absolute atomic E-state index is 13.1. The summed E-state index contributed by atoms with van der Waals surface area (Å²) in [6, 6.07) is 16.6. The van der Waals surface area contributed by atoms with Crippen LogP contribution in [-0.2, 0) is 35.1 Å². The summed E-state index contributed by atoms with van der Waals surface area (Å²) in [5.41, 5.74) is 7.85. The Kier molecular flexibility index (Phi) is 7.33. The second kappa shape index (κ2) is 10.3. The number of hydrogen-bond donors (Lipinski definition) is 3. The molecule has 0 saturated carbocycles. The first kappa shape index (κ1) is 26.3. The van der Waals surface area contributed by atoms with Crippen molar-refractivity contribution >= 4 is 53.3 Å². The average molecular weight is 555 g/mol. The summed E-state index contributed by atoms with van der Waals surface area (Å²) in [5.74, 6) is -0.448. The van der Waals surface area contributed by atoms with Gasteiger partial charge in [-0.1, -0.05) is 52.4 Å². The predicted octanol–water partition coefficient (Wildman–Crippen LogP) is 4.46. The Morgan fingerprint density at radius 1 is 0.757 bits per heavy atom. The van der Waals surface area contributed by atoms with Crippen molar-refractivity contribution in [1.29, 1.82) is 0 Å². The van der Waals surface area contributed by atoms with Gasteiger partial charge in [0.25, 0.3) is 20.0 Å². The molecule has 0 aliphatic carbocycles. The number of amides is 1. The number of sulfonamides is 2. The van der Waals surface area contributed by atoms with Crippen LogP contribution in [0, 0.1) is 19.5 Å². The van der Waals surface area contributed by atoms with Gasteiger partial charge in [-0.25, -0.2) is 16.8 Å². The zero-order chi connectivity index (χ0) is 26.8. The summed E-state index contributed by atoms with van der Waals surface area (Å²) in [4.78, 5) is 13.0. The van der Waals surface area contributed by atoms with Gasteiger partial charge in [0.1, 0.15) is 0 Å². The summed E-state index contributed by atoms with van der Waals surface area (Å²) < 4.78 is 57.2. The van der Waals surface area contributed by atoms with Gasteiger partial charge >= 0.3 is 0 Å². The lowest BCUT2D eigenvalue weighted by atomic mass is 10.2. The van der Waals surface area contributed by atoms with Crippen LogP contribution in [0.25, 0.3) is 0 Å². The van der Waals surface area contributed by atoms with Crippen LogP contribution < -0.4 is 14.8 Å². The molecule has 37 heavy (non-hydrogen) atoms. The number of aryl methyl sites for hydroxylation is 2. The molecule has 0 bridgehead atoms. The Morgan fingerprint density at radius 3 is 1.76 bits per heavy atom. The summed E-state index contributed by atoms with van der Waals surface area (Å²) >= 11 is 0. The highest BCUT2D eigenvalue weighted by molar-refractivity contribution is 7.94. The normalized spacial score (nSPS) is 13.7. The van der Waals surface area contributed by atoms with E-state index in [0.29, 0.717) is 4.91 Å². The Balaban J connectivity index is 1.70. The Morgan fingerprint density at radius 2 is 1.27 bits per heavy atom. The summed E-state index contributed by atoms with van der Waals surface area (Å²) in [6.07, 6.45) is 3.28. The van der Waals surface area contributed by atoms with Crippen LogP contribution in [0.15, 0.2) is 99.0 Å². The molecule has 1 aliphatic heterocycles. The van der Waals surface area contributed by atoms with Crippen molar-refractivity contribution in [3.05, 3.63) is 100 Å². The van der Waals surface area contributed by atoms with Crippen LogP contribution in [0.2, 0.25) is 0 Å². The largest absolute Gasteiger partial charge is 0.404 e. The lowest BCUT2D eigenvalue weighted by Crippen LogP contribution is -2.19. The molecule has 3 aromatic carbocycles. The SMILES string of the molecule is C#[S-]1C=CC=C1C(=O)Nc1ccc(NS(=O)(=O)c2ccc(C)cc2)c(NS(=O)(=O)c2ccc(C)cc2)c1. The molecule has 1 aliphatic rings. The highest BCUT2D eigenvalue weighted by atomic mass is 32.2. The third-order valence-corrected chi connectivity index (χ3v) is 9.42. The van der Waals surface area contributed by atoms with Crippen LogP contribution in [0.1, 0.15) is 11.1 Å². The summed E-state index contributed by atoms with van der Waals surface area (Å²) in [7, 11) is -8.96. The van der Waals surface area contributed by atoms with E-state index in [1.54, 1.807) is 41.8 Å². The molecule has 0 unspecified atom stereocenters. The van der Waals surface area contributed by atoms with E-state index < -0.39 is 36.3 Å². The molecule has 0 atom stereocenters. The van der Waals surface area contributed by atoms with Gasteiger partial charge in [0.05, 0.1) is 21.2 Å². The minimum absolute atomic E-state index is 0.00533. The molecule has 1 amide bonds. The lowest BCUT2D eigenvalue weighted by Gasteiger charge is -2.18.